The molecule has 13 heteroatoms. The Labute approximate surface area is 288 Å². The quantitative estimate of drug-likeness (QED) is 0.0614. The third kappa shape index (κ3) is 7.43. The van der Waals surface area contributed by atoms with E-state index in [4.69, 9.17) is 5.11 Å². The maximum absolute atomic E-state index is 11.8. The van der Waals surface area contributed by atoms with Crippen molar-refractivity contribution in [2.24, 2.45) is 0 Å². The number of benzene rings is 2. The molecule has 1 aliphatic rings. The van der Waals surface area contributed by atoms with Crippen LogP contribution in [0.5, 0.6) is 0 Å². The van der Waals surface area contributed by atoms with Gasteiger partial charge in [0.25, 0.3) is 0 Å². The molecule has 0 amide bonds. The monoisotopic (exact) mass is 560 g/mol. The zero-order valence-corrected chi connectivity index (χ0v) is 27.8. The van der Waals surface area contributed by atoms with Crippen molar-refractivity contribution in [2.45, 2.75) is 61.7 Å². The summed E-state index contributed by atoms with van der Waals surface area (Å²) in [4.78, 5) is 10.6. The van der Waals surface area contributed by atoms with Crippen molar-refractivity contribution in [3.8, 4) is 0 Å². The SMILES string of the molecule is CC1=[N+](CCCCCC(=O)O)c2ccc3c(SOO[O-])cc(S(=O)(=O)[O-])cc3c2C1(C)C.[K+].[K+]. The molecule has 0 atom stereocenters. The van der Waals surface area contributed by atoms with E-state index in [1.165, 1.54) is 12.1 Å². The van der Waals surface area contributed by atoms with Crippen LogP contribution in [0.4, 0.5) is 5.69 Å². The van der Waals surface area contributed by atoms with Crippen LogP contribution in [0, 0.1) is 0 Å². The molecule has 1 N–H and O–H groups in total. The number of carboxylic acids is 1. The maximum atomic E-state index is 11.8. The van der Waals surface area contributed by atoms with E-state index >= 15 is 0 Å². The van der Waals surface area contributed by atoms with Gasteiger partial charge in [0.1, 0.15) is 16.7 Å². The number of unbranched alkanes of at least 4 members (excludes halogenated alkanes) is 2. The Hall–Kier alpha value is 1.25. The van der Waals surface area contributed by atoms with E-state index in [-0.39, 0.29) is 114 Å². The van der Waals surface area contributed by atoms with Crippen molar-refractivity contribution >= 4 is 50.3 Å². The molecule has 0 aromatic heterocycles. The fourth-order valence-corrected chi connectivity index (χ4v) is 5.36. The first-order chi connectivity index (χ1) is 15.0. The molecule has 0 bridgehead atoms. The van der Waals surface area contributed by atoms with Gasteiger partial charge in [-0.2, -0.15) is 8.91 Å². The van der Waals surface area contributed by atoms with E-state index in [0.717, 1.165) is 29.8 Å². The van der Waals surface area contributed by atoms with Crippen LogP contribution < -0.4 is 108 Å². The van der Waals surface area contributed by atoms with Gasteiger partial charge in [-0.05, 0) is 55.7 Å². The predicted octanol–water partition coefficient (Wildman–Crippen LogP) is -2.98. The van der Waals surface area contributed by atoms with Gasteiger partial charge >= 0.3 is 109 Å². The molecule has 0 unspecified atom stereocenters. The van der Waals surface area contributed by atoms with Gasteiger partial charge in [0, 0.05) is 36.3 Å². The van der Waals surface area contributed by atoms with Crippen molar-refractivity contribution in [1.82, 2.24) is 0 Å². The smallest absolute Gasteiger partial charge is 0.744 e. The number of carboxylic acid groups (broad SMARTS) is 1. The van der Waals surface area contributed by atoms with Crippen molar-refractivity contribution in [3.63, 3.8) is 0 Å². The summed E-state index contributed by atoms with van der Waals surface area (Å²) in [6.45, 7) is 6.73. The zero-order valence-electron chi connectivity index (χ0n) is 19.9. The third-order valence-electron chi connectivity index (χ3n) is 5.99. The molecule has 0 aliphatic carbocycles. The molecule has 0 fully saturated rings. The van der Waals surface area contributed by atoms with Crippen molar-refractivity contribution in [2.75, 3.05) is 6.54 Å². The first-order valence-corrected chi connectivity index (χ1v) is 12.2. The Balaban J connectivity index is 0.00000289. The normalized spacial score (nSPS) is 14.5. The van der Waals surface area contributed by atoms with Gasteiger partial charge in [-0.15, -0.1) is 0 Å². The molecule has 0 spiro atoms. The summed E-state index contributed by atoms with van der Waals surface area (Å²) < 4.78 is 41.9. The fraction of sp³-hybridized carbons (Fsp3) is 0.429. The summed E-state index contributed by atoms with van der Waals surface area (Å²) in [5, 5.41) is 23.7. The van der Waals surface area contributed by atoms with Crippen LogP contribution in [-0.4, -0.2) is 40.9 Å². The molecule has 0 radical (unpaired) electrons. The second-order valence-electron chi connectivity index (χ2n) is 8.22. The Morgan fingerprint density at radius 1 is 1.15 bits per heavy atom. The zero-order chi connectivity index (χ0) is 23.7. The van der Waals surface area contributed by atoms with Crippen LogP contribution >= 0.6 is 12.0 Å². The maximum Gasteiger partial charge on any atom is 1.00 e. The van der Waals surface area contributed by atoms with Crippen LogP contribution in [0.1, 0.15) is 52.0 Å². The summed E-state index contributed by atoms with van der Waals surface area (Å²) in [5.41, 5.74) is 2.37. The van der Waals surface area contributed by atoms with Gasteiger partial charge in [0.15, 0.2) is 5.71 Å². The molecule has 0 saturated heterocycles. The van der Waals surface area contributed by atoms with E-state index < -0.39 is 26.4 Å². The average Bonchev–Trinajstić information content (AvgIpc) is 2.91. The molecule has 9 nitrogen and oxygen atoms in total. The number of fused-ring (bicyclic) bond motifs is 3. The Morgan fingerprint density at radius 3 is 2.41 bits per heavy atom. The van der Waals surface area contributed by atoms with Crippen LogP contribution in [0.15, 0.2) is 34.1 Å². The van der Waals surface area contributed by atoms with Gasteiger partial charge in [0.2, 0.25) is 5.69 Å². The molecule has 1 heterocycles. The first kappa shape index (κ1) is 33.3. The molecule has 1 aliphatic heterocycles. The van der Waals surface area contributed by atoms with Crippen LogP contribution in [0.25, 0.3) is 10.8 Å². The third-order valence-corrected chi connectivity index (χ3v) is 7.44. The topological polar surface area (TPSA) is 139 Å². The van der Waals surface area contributed by atoms with Crippen molar-refractivity contribution in [3.05, 3.63) is 29.8 Å². The number of carbonyl (C=O) groups is 1. The van der Waals surface area contributed by atoms with Crippen LogP contribution in [0.3, 0.4) is 0 Å². The predicted molar refractivity (Wildman–Crippen MR) is 115 cm³/mol. The van der Waals surface area contributed by atoms with Gasteiger partial charge in [-0.3, -0.25) is 9.83 Å². The minimum absolute atomic E-state index is 0. The number of hydrogen-bond donors (Lipinski definition) is 1. The van der Waals surface area contributed by atoms with Crippen LogP contribution in [-0.2, 0) is 29.7 Å². The Kier molecular flexibility index (Phi) is 13.6. The molecular formula is C21H24K2NO8S2+. The van der Waals surface area contributed by atoms with Gasteiger partial charge < -0.3 is 14.9 Å². The molecule has 0 saturated carbocycles. The van der Waals surface area contributed by atoms with E-state index in [2.05, 4.69) is 13.9 Å². The standard InChI is InChI=1S/C21H25NO8S2.2K/c1-13-21(2,3)20-16-11-14(32(26,27)28)12-18(31-30-29-25)15(16)8-9-17(20)22(13)10-6-4-5-7-19(23)24;;/h8-9,11-12H,4-7,10H2,1-3H3,(H2-,23,24,25,26,27,28);;/q;2*+1/p-1. The fourth-order valence-electron chi connectivity index (χ4n) is 4.22. The molecule has 174 valence electrons. The van der Waals surface area contributed by atoms with Crippen molar-refractivity contribution in [1.29, 1.82) is 0 Å². The van der Waals surface area contributed by atoms with Gasteiger partial charge in [-0.25, -0.2) is 8.42 Å². The minimum atomic E-state index is -4.76. The second-order valence-corrected chi connectivity index (χ2v) is 10.3. The number of hydrogen-bond acceptors (Lipinski definition) is 8. The summed E-state index contributed by atoms with van der Waals surface area (Å²) in [6.07, 6.45) is 2.30. The number of aliphatic carboxylic acids is 1. The van der Waals surface area contributed by atoms with E-state index in [9.17, 15) is 23.0 Å². The Bertz CT molecular complexity index is 1200. The minimum Gasteiger partial charge on any atom is -0.744 e. The van der Waals surface area contributed by atoms with Crippen molar-refractivity contribution < 1.29 is 145 Å². The second kappa shape index (κ2) is 13.9. The van der Waals surface area contributed by atoms with Gasteiger partial charge in [-0.1, -0.05) is 0 Å². The van der Waals surface area contributed by atoms with E-state index in [1.54, 1.807) is 6.07 Å². The van der Waals surface area contributed by atoms with E-state index in [1.807, 2.05) is 26.8 Å². The van der Waals surface area contributed by atoms with Crippen LogP contribution in [0.2, 0.25) is 0 Å². The summed E-state index contributed by atoms with van der Waals surface area (Å²) in [5.74, 6) is -0.809. The summed E-state index contributed by atoms with van der Waals surface area (Å²) in [6, 6.07) is 6.24. The number of rotatable bonds is 10. The molecule has 34 heavy (non-hydrogen) atoms. The number of nitrogens with zero attached hydrogens (tertiary/aromatic N) is 1. The largest absolute Gasteiger partial charge is 1.00 e. The summed E-state index contributed by atoms with van der Waals surface area (Å²) in [7, 11) is -4.76. The van der Waals surface area contributed by atoms with Gasteiger partial charge in [0.05, 0.1) is 22.4 Å². The van der Waals surface area contributed by atoms with E-state index in [0.29, 0.717) is 35.8 Å². The molecular weight excluding hydrogens is 537 g/mol. The average molecular weight is 561 g/mol. The summed E-state index contributed by atoms with van der Waals surface area (Å²) >= 11 is 0.543. The molecule has 3 rings (SSSR count). The molecule has 2 aromatic rings. The first-order valence-electron chi connectivity index (χ1n) is 10.0. The molecule has 2 aromatic carbocycles. The Morgan fingerprint density at radius 2 is 1.82 bits per heavy atom.